The number of carbonyl (C=O) groups excluding carboxylic acids is 1. The Morgan fingerprint density at radius 3 is 2.97 bits per heavy atom. The summed E-state index contributed by atoms with van der Waals surface area (Å²) in [7, 11) is 0. The summed E-state index contributed by atoms with van der Waals surface area (Å²) in [4.78, 5) is 19.5. The molecule has 1 saturated heterocycles. The monoisotopic (exact) mass is 431 g/mol. The van der Waals surface area contributed by atoms with Crippen LogP contribution >= 0.6 is 0 Å². The van der Waals surface area contributed by atoms with Crippen molar-refractivity contribution < 1.29 is 13.9 Å². The highest BCUT2D eigenvalue weighted by Gasteiger charge is 2.25. The van der Waals surface area contributed by atoms with Crippen LogP contribution in [0.3, 0.4) is 0 Å². The van der Waals surface area contributed by atoms with E-state index in [4.69, 9.17) is 9.15 Å². The lowest BCUT2D eigenvalue weighted by molar-refractivity contribution is -0.130. The van der Waals surface area contributed by atoms with Crippen molar-refractivity contribution >= 4 is 5.91 Å². The Labute approximate surface area is 188 Å². The number of carbonyl (C=O) groups is 1. The van der Waals surface area contributed by atoms with Crippen molar-refractivity contribution in [3.8, 4) is 11.3 Å². The molecular formula is C26H29N3O3. The molecule has 1 fully saturated rings. The molecule has 4 heterocycles. The van der Waals surface area contributed by atoms with E-state index in [1.807, 2.05) is 25.3 Å². The zero-order valence-electron chi connectivity index (χ0n) is 18.5. The van der Waals surface area contributed by atoms with Gasteiger partial charge in [0.05, 0.1) is 6.26 Å². The summed E-state index contributed by atoms with van der Waals surface area (Å²) in [6.07, 6.45) is 6.14. The van der Waals surface area contributed by atoms with Gasteiger partial charge in [-0.15, -0.1) is 0 Å². The molecular weight excluding hydrogens is 402 g/mol. The van der Waals surface area contributed by atoms with Crippen LogP contribution in [0.25, 0.3) is 11.3 Å². The lowest BCUT2D eigenvalue weighted by atomic mass is 9.94. The first kappa shape index (κ1) is 20.9. The first-order chi connectivity index (χ1) is 15.7. The zero-order chi connectivity index (χ0) is 21.9. The fourth-order valence-electron chi connectivity index (χ4n) is 4.79. The Morgan fingerprint density at radius 1 is 1.25 bits per heavy atom. The normalized spacial score (nSPS) is 18.5. The van der Waals surface area contributed by atoms with Crippen LogP contribution in [0, 0.1) is 6.92 Å². The maximum atomic E-state index is 12.4. The molecule has 0 saturated carbocycles. The molecule has 6 heteroatoms. The first-order valence-electron chi connectivity index (χ1n) is 11.4. The number of ether oxygens (including phenoxy) is 1. The highest BCUT2D eigenvalue weighted by molar-refractivity contribution is 5.81. The summed E-state index contributed by atoms with van der Waals surface area (Å²) in [5.41, 5.74) is 7.13. The lowest BCUT2D eigenvalue weighted by Crippen LogP contribution is -2.35. The van der Waals surface area contributed by atoms with Gasteiger partial charge in [0, 0.05) is 50.2 Å². The number of nitrogens with zero attached hydrogens (tertiary/aromatic N) is 2. The van der Waals surface area contributed by atoms with E-state index in [0.717, 1.165) is 61.5 Å². The van der Waals surface area contributed by atoms with Gasteiger partial charge < -0.3 is 14.5 Å². The van der Waals surface area contributed by atoms with Crippen molar-refractivity contribution in [2.45, 2.75) is 51.9 Å². The third-order valence-corrected chi connectivity index (χ3v) is 6.53. The number of aromatic nitrogens is 1. The number of nitrogens with one attached hydrogen (secondary N) is 1. The third-order valence-electron chi connectivity index (χ3n) is 6.53. The summed E-state index contributed by atoms with van der Waals surface area (Å²) < 4.78 is 11.2. The molecule has 0 radical (unpaired) electrons. The molecule has 1 atom stereocenters. The fraction of sp³-hybridized carbons (Fsp3) is 0.385. The predicted octanol–water partition coefficient (Wildman–Crippen LogP) is 4.00. The molecule has 0 aliphatic carbocycles. The molecule has 6 nitrogen and oxygen atoms in total. The van der Waals surface area contributed by atoms with Crippen molar-refractivity contribution in [1.82, 2.24) is 15.2 Å². The minimum Gasteiger partial charge on any atom is -0.464 e. The third kappa shape index (κ3) is 4.33. The predicted molar refractivity (Wildman–Crippen MR) is 122 cm³/mol. The summed E-state index contributed by atoms with van der Waals surface area (Å²) >= 11 is 0. The van der Waals surface area contributed by atoms with E-state index in [1.54, 1.807) is 6.26 Å². The van der Waals surface area contributed by atoms with E-state index in [0.29, 0.717) is 13.2 Å². The molecule has 0 bridgehead atoms. The number of furan rings is 1. The highest BCUT2D eigenvalue weighted by atomic mass is 16.5. The smallest absolute Gasteiger partial charge is 0.249 e. The molecule has 1 N–H and O–H groups in total. The molecule has 2 aliphatic heterocycles. The number of pyridine rings is 1. The second kappa shape index (κ2) is 9.27. The maximum Gasteiger partial charge on any atom is 0.249 e. The second-order valence-electron chi connectivity index (χ2n) is 8.64. The van der Waals surface area contributed by atoms with E-state index < -0.39 is 0 Å². The van der Waals surface area contributed by atoms with Gasteiger partial charge >= 0.3 is 0 Å². The van der Waals surface area contributed by atoms with Gasteiger partial charge in [-0.25, -0.2) is 0 Å². The minimum atomic E-state index is -0.299. The Bertz CT molecular complexity index is 1090. The van der Waals surface area contributed by atoms with E-state index >= 15 is 0 Å². The SMILES string of the molecule is Cc1ncc2c(c1CNC(=O)C1CCCO1)CCN(Cc1ccccc1-c1ccco1)C2. The molecule has 2 aromatic heterocycles. The molecule has 166 valence electrons. The van der Waals surface area contributed by atoms with E-state index in [2.05, 4.69) is 39.5 Å². The largest absolute Gasteiger partial charge is 0.464 e. The van der Waals surface area contributed by atoms with Crippen molar-refractivity contribution in [1.29, 1.82) is 0 Å². The van der Waals surface area contributed by atoms with Crippen LogP contribution in [0.5, 0.6) is 0 Å². The highest BCUT2D eigenvalue weighted by Crippen LogP contribution is 2.29. The number of hydrogen-bond acceptors (Lipinski definition) is 5. The fourth-order valence-corrected chi connectivity index (χ4v) is 4.79. The topological polar surface area (TPSA) is 67.6 Å². The minimum absolute atomic E-state index is 0.00790. The van der Waals surface area contributed by atoms with E-state index in [1.165, 1.54) is 16.7 Å². The average molecular weight is 432 g/mol. The van der Waals surface area contributed by atoms with Crippen LogP contribution in [-0.2, 0) is 35.6 Å². The van der Waals surface area contributed by atoms with Crippen LogP contribution in [-0.4, -0.2) is 35.0 Å². The van der Waals surface area contributed by atoms with E-state index in [-0.39, 0.29) is 12.0 Å². The van der Waals surface area contributed by atoms with Gasteiger partial charge in [-0.2, -0.15) is 0 Å². The Kier molecular flexibility index (Phi) is 6.06. The van der Waals surface area contributed by atoms with Crippen molar-refractivity contribution in [3.63, 3.8) is 0 Å². The number of amides is 1. The molecule has 32 heavy (non-hydrogen) atoms. The van der Waals surface area contributed by atoms with Gasteiger partial charge in [0.1, 0.15) is 11.9 Å². The molecule has 1 amide bonds. The Hall–Kier alpha value is -2.96. The van der Waals surface area contributed by atoms with Gasteiger partial charge in [-0.05, 0) is 60.6 Å². The van der Waals surface area contributed by atoms with E-state index in [9.17, 15) is 4.79 Å². The maximum absolute atomic E-state index is 12.4. The second-order valence-corrected chi connectivity index (χ2v) is 8.64. The van der Waals surface area contributed by atoms with Crippen molar-refractivity contribution in [3.05, 3.63) is 76.8 Å². The van der Waals surface area contributed by atoms with Gasteiger partial charge in [-0.3, -0.25) is 14.7 Å². The quantitative estimate of drug-likeness (QED) is 0.639. The Balaban J connectivity index is 1.30. The Morgan fingerprint density at radius 2 is 2.16 bits per heavy atom. The van der Waals surface area contributed by atoms with Gasteiger partial charge in [0.25, 0.3) is 0 Å². The molecule has 1 aromatic carbocycles. The number of aryl methyl sites for hydroxylation is 1. The van der Waals surface area contributed by atoms with Crippen LogP contribution in [0.1, 0.15) is 40.8 Å². The summed E-state index contributed by atoms with van der Waals surface area (Å²) in [5.74, 6) is 0.894. The number of fused-ring (bicyclic) bond motifs is 1. The first-order valence-corrected chi connectivity index (χ1v) is 11.4. The summed E-state index contributed by atoms with van der Waals surface area (Å²) in [6, 6.07) is 12.4. The molecule has 3 aromatic rings. The van der Waals surface area contributed by atoms with Crippen LogP contribution < -0.4 is 5.32 Å². The number of benzene rings is 1. The van der Waals surface area contributed by atoms with Gasteiger partial charge in [0.2, 0.25) is 5.91 Å². The number of rotatable bonds is 6. The number of hydrogen-bond donors (Lipinski definition) is 1. The van der Waals surface area contributed by atoms with Crippen molar-refractivity contribution in [2.24, 2.45) is 0 Å². The molecule has 0 spiro atoms. The van der Waals surface area contributed by atoms with Gasteiger partial charge in [-0.1, -0.05) is 24.3 Å². The van der Waals surface area contributed by atoms with Crippen molar-refractivity contribution in [2.75, 3.05) is 13.2 Å². The molecule has 2 aliphatic rings. The van der Waals surface area contributed by atoms with Gasteiger partial charge in [0.15, 0.2) is 0 Å². The van der Waals surface area contributed by atoms with Crippen LogP contribution in [0.2, 0.25) is 0 Å². The zero-order valence-corrected chi connectivity index (χ0v) is 18.5. The average Bonchev–Trinajstić information content (AvgIpc) is 3.53. The molecule has 5 rings (SSSR count). The van der Waals surface area contributed by atoms with Crippen LogP contribution in [0.4, 0.5) is 0 Å². The standard InChI is InChI=1S/C26H29N3O3/c1-18-23(15-28-26(30)25-9-5-13-32-25)21-10-11-29(17-20(21)14-27-18)16-19-6-2-3-7-22(19)24-8-4-12-31-24/h2-4,6-8,12,14,25H,5,9-11,13,15-17H2,1H3,(H,28,30). The summed E-state index contributed by atoms with van der Waals surface area (Å²) in [6.45, 7) is 5.90. The molecule has 1 unspecified atom stereocenters. The van der Waals surface area contributed by atoms with Crippen LogP contribution in [0.15, 0.2) is 53.3 Å². The lowest BCUT2D eigenvalue weighted by Gasteiger charge is -2.31. The summed E-state index contributed by atoms with van der Waals surface area (Å²) in [5, 5.41) is 3.08.